The molecule has 2 aromatic heterocycles. The van der Waals surface area contributed by atoms with Gasteiger partial charge in [-0.2, -0.15) is 0 Å². The van der Waals surface area contributed by atoms with Crippen molar-refractivity contribution in [3.63, 3.8) is 0 Å². The summed E-state index contributed by atoms with van der Waals surface area (Å²) in [5, 5.41) is 2.75. The zero-order valence-corrected chi connectivity index (χ0v) is 16.6. The lowest BCUT2D eigenvalue weighted by Crippen LogP contribution is -2.39. The molecule has 0 fully saturated rings. The number of carbonyl (C=O) groups excluding carboxylic acids is 1. The Labute approximate surface area is 164 Å². The Balaban J connectivity index is 1.62. The van der Waals surface area contributed by atoms with Crippen LogP contribution >= 0.6 is 11.3 Å². The van der Waals surface area contributed by atoms with Crippen molar-refractivity contribution in [3.8, 4) is 10.8 Å². The van der Waals surface area contributed by atoms with E-state index in [1.54, 1.807) is 6.26 Å². The Morgan fingerprint density at radius 3 is 2.59 bits per heavy atom. The molecule has 5 nitrogen and oxygen atoms in total. The smallest absolute Gasteiger partial charge is 0.228 e. The molecule has 0 saturated heterocycles. The lowest BCUT2D eigenvalue weighted by Gasteiger charge is -2.24. The molecule has 27 heavy (non-hydrogen) atoms. The number of thiazole rings is 1. The van der Waals surface area contributed by atoms with E-state index in [-0.39, 0.29) is 5.91 Å². The molecular weight excluding hydrogens is 358 g/mol. The van der Waals surface area contributed by atoms with Crippen LogP contribution in [-0.2, 0) is 17.6 Å². The first kappa shape index (κ1) is 19.3. The zero-order chi connectivity index (χ0) is 19.1. The van der Waals surface area contributed by atoms with Gasteiger partial charge in [0.15, 0.2) is 10.8 Å². The van der Waals surface area contributed by atoms with Gasteiger partial charge in [0, 0.05) is 25.0 Å². The van der Waals surface area contributed by atoms with Crippen LogP contribution in [0.5, 0.6) is 0 Å². The van der Waals surface area contributed by atoms with Crippen LogP contribution in [0.15, 0.2) is 58.5 Å². The van der Waals surface area contributed by atoms with E-state index in [1.165, 1.54) is 16.9 Å². The van der Waals surface area contributed by atoms with E-state index in [0.29, 0.717) is 19.5 Å². The Kier molecular flexibility index (Phi) is 6.79. The Morgan fingerprint density at radius 2 is 1.89 bits per heavy atom. The summed E-state index contributed by atoms with van der Waals surface area (Å²) in [5.41, 5.74) is 2.04. The second kappa shape index (κ2) is 9.48. The fraction of sp³-hybridized carbons (Fsp3) is 0.333. The molecule has 0 bridgehead atoms. The summed E-state index contributed by atoms with van der Waals surface area (Å²) >= 11 is 1.51. The summed E-state index contributed by atoms with van der Waals surface area (Å²) in [7, 11) is 4.05. The van der Waals surface area contributed by atoms with Crippen molar-refractivity contribution in [3.05, 3.63) is 65.4 Å². The highest BCUT2D eigenvalue weighted by Gasteiger charge is 2.17. The maximum Gasteiger partial charge on any atom is 0.228 e. The molecule has 142 valence electrons. The Bertz CT molecular complexity index is 828. The van der Waals surface area contributed by atoms with E-state index < -0.39 is 0 Å². The van der Waals surface area contributed by atoms with Crippen LogP contribution in [-0.4, -0.2) is 54.4 Å². The summed E-state index contributed by atoms with van der Waals surface area (Å²) < 4.78 is 5.38. The highest BCUT2D eigenvalue weighted by molar-refractivity contribution is 7.13. The summed E-state index contributed by atoms with van der Waals surface area (Å²) in [6, 6.07) is 14.0. The third kappa shape index (κ3) is 5.77. The number of amides is 1. The van der Waals surface area contributed by atoms with Gasteiger partial charge in [0.25, 0.3) is 0 Å². The largest absolute Gasteiger partial charge is 0.462 e. The molecule has 0 radical (unpaired) electrons. The third-order valence-corrected chi connectivity index (χ3v) is 5.20. The molecule has 2 heterocycles. The van der Waals surface area contributed by atoms with Crippen molar-refractivity contribution in [1.29, 1.82) is 0 Å². The summed E-state index contributed by atoms with van der Waals surface area (Å²) in [5.74, 6) is 0.858. The molecular formula is C21H25N3O2S. The standard InChI is InChI=1S/C21H25N3O2S/c1-23(2)12-13-24(11-10-17-7-4-3-5-8-17)20(25)15-18-16-27-21(22-18)19-9-6-14-26-19/h3-9,14,16H,10-13,15H2,1-2H3. The van der Waals surface area contributed by atoms with Crippen LogP contribution < -0.4 is 0 Å². The molecule has 3 rings (SSSR count). The summed E-state index contributed by atoms with van der Waals surface area (Å²) in [6.07, 6.45) is 2.81. The van der Waals surface area contributed by atoms with E-state index in [0.717, 1.165) is 29.4 Å². The van der Waals surface area contributed by atoms with Crippen LogP contribution in [0.4, 0.5) is 0 Å². The maximum absolute atomic E-state index is 12.9. The van der Waals surface area contributed by atoms with Crippen LogP contribution in [0.2, 0.25) is 0 Å². The number of rotatable bonds is 9. The Morgan fingerprint density at radius 1 is 1.07 bits per heavy atom. The maximum atomic E-state index is 12.9. The molecule has 6 heteroatoms. The van der Waals surface area contributed by atoms with Gasteiger partial charge < -0.3 is 14.2 Å². The minimum atomic E-state index is 0.115. The molecule has 0 N–H and O–H groups in total. The lowest BCUT2D eigenvalue weighted by molar-refractivity contribution is -0.130. The lowest BCUT2D eigenvalue weighted by atomic mass is 10.1. The van der Waals surface area contributed by atoms with Gasteiger partial charge in [-0.15, -0.1) is 11.3 Å². The van der Waals surface area contributed by atoms with Crippen LogP contribution in [0.1, 0.15) is 11.3 Å². The summed E-state index contributed by atoms with van der Waals surface area (Å²) in [4.78, 5) is 21.5. The predicted molar refractivity (Wildman–Crippen MR) is 109 cm³/mol. The molecule has 0 aliphatic rings. The first-order chi connectivity index (χ1) is 13.1. The van der Waals surface area contributed by atoms with Gasteiger partial charge in [0.1, 0.15) is 0 Å². The molecule has 1 amide bonds. The number of carbonyl (C=O) groups is 1. The van der Waals surface area contributed by atoms with Gasteiger partial charge in [-0.3, -0.25) is 4.79 Å². The minimum absolute atomic E-state index is 0.115. The van der Waals surface area contributed by atoms with Crippen molar-refractivity contribution >= 4 is 17.2 Å². The van der Waals surface area contributed by atoms with E-state index in [2.05, 4.69) is 22.0 Å². The topological polar surface area (TPSA) is 49.6 Å². The van der Waals surface area contributed by atoms with Gasteiger partial charge in [-0.1, -0.05) is 30.3 Å². The number of likely N-dealkylation sites (N-methyl/N-ethyl adjacent to an activating group) is 1. The molecule has 0 unspecified atom stereocenters. The first-order valence-electron chi connectivity index (χ1n) is 9.06. The number of benzene rings is 1. The quantitative estimate of drug-likeness (QED) is 0.567. The van der Waals surface area contributed by atoms with Crippen LogP contribution in [0.25, 0.3) is 10.8 Å². The monoisotopic (exact) mass is 383 g/mol. The number of furan rings is 1. The van der Waals surface area contributed by atoms with Crippen LogP contribution in [0.3, 0.4) is 0 Å². The van der Waals surface area contributed by atoms with Gasteiger partial charge in [-0.25, -0.2) is 4.98 Å². The van der Waals surface area contributed by atoms with Gasteiger partial charge in [0.2, 0.25) is 5.91 Å². The molecule has 0 aliphatic carbocycles. The second-order valence-corrected chi connectivity index (χ2v) is 7.58. The summed E-state index contributed by atoms with van der Waals surface area (Å²) in [6.45, 7) is 2.27. The third-order valence-electron chi connectivity index (χ3n) is 4.30. The fourth-order valence-electron chi connectivity index (χ4n) is 2.76. The van der Waals surface area contributed by atoms with Crippen molar-refractivity contribution in [2.45, 2.75) is 12.8 Å². The van der Waals surface area contributed by atoms with E-state index in [9.17, 15) is 4.79 Å². The molecule has 3 aromatic rings. The predicted octanol–water partition coefficient (Wildman–Crippen LogP) is 3.58. The highest BCUT2D eigenvalue weighted by atomic mass is 32.1. The van der Waals surface area contributed by atoms with E-state index in [4.69, 9.17) is 4.42 Å². The number of nitrogens with zero attached hydrogens (tertiary/aromatic N) is 3. The second-order valence-electron chi connectivity index (χ2n) is 6.72. The average molecular weight is 384 g/mol. The van der Waals surface area contributed by atoms with E-state index >= 15 is 0 Å². The fourth-order valence-corrected chi connectivity index (χ4v) is 3.54. The Hall–Kier alpha value is -2.44. The van der Waals surface area contributed by atoms with E-state index in [1.807, 2.05) is 54.7 Å². The number of hydrogen-bond acceptors (Lipinski definition) is 5. The van der Waals surface area contributed by atoms with Gasteiger partial charge >= 0.3 is 0 Å². The number of hydrogen-bond donors (Lipinski definition) is 0. The first-order valence-corrected chi connectivity index (χ1v) is 9.94. The minimum Gasteiger partial charge on any atom is -0.462 e. The van der Waals surface area contributed by atoms with Crippen molar-refractivity contribution in [2.75, 3.05) is 33.7 Å². The van der Waals surface area contributed by atoms with Crippen LogP contribution in [0, 0.1) is 0 Å². The zero-order valence-electron chi connectivity index (χ0n) is 15.8. The van der Waals surface area contributed by atoms with Crippen molar-refractivity contribution in [1.82, 2.24) is 14.8 Å². The molecule has 1 aromatic carbocycles. The average Bonchev–Trinajstić information content (AvgIpc) is 3.34. The molecule has 0 atom stereocenters. The van der Waals surface area contributed by atoms with Gasteiger partial charge in [0.05, 0.1) is 18.4 Å². The molecule has 0 aliphatic heterocycles. The molecule has 0 saturated carbocycles. The van der Waals surface area contributed by atoms with Gasteiger partial charge in [-0.05, 0) is 38.2 Å². The normalized spacial score (nSPS) is 11.1. The SMILES string of the molecule is CN(C)CCN(CCc1ccccc1)C(=O)Cc1csc(-c2ccco2)n1. The molecule has 0 spiro atoms. The number of aromatic nitrogens is 1. The van der Waals surface area contributed by atoms with Crippen molar-refractivity contribution in [2.24, 2.45) is 0 Å². The van der Waals surface area contributed by atoms with Crippen molar-refractivity contribution < 1.29 is 9.21 Å². The highest BCUT2D eigenvalue weighted by Crippen LogP contribution is 2.24.